The number of rotatable bonds is 10. The smallest absolute Gasteiger partial charge is 0.307 e. The van der Waals surface area contributed by atoms with Crippen molar-refractivity contribution in [3.63, 3.8) is 0 Å². The van der Waals surface area contributed by atoms with E-state index in [9.17, 15) is 9.59 Å². The minimum absolute atomic E-state index is 0.0315. The molecule has 0 aliphatic heterocycles. The molecule has 146 valence electrons. The molecule has 0 spiro atoms. The fourth-order valence-corrected chi connectivity index (χ4v) is 2.56. The molecular formula is C19H29NO6. The van der Waals surface area contributed by atoms with Crippen molar-refractivity contribution in [3.05, 3.63) is 17.7 Å². The van der Waals surface area contributed by atoms with Crippen LogP contribution in [-0.4, -0.2) is 57.3 Å². The summed E-state index contributed by atoms with van der Waals surface area (Å²) in [5, 5.41) is 0. The summed E-state index contributed by atoms with van der Waals surface area (Å²) in [4.78, 5) is 26.4. The highest BCUT2D eigenvalue weighted by atomic mass is 16.5. The summed E-state index contributed by atoms with van der Waals surface area (Å²) in [6.45, 7) is 6.29. The lowest BCUT2D eigenvalue weighted by Gasteiger charge is -2.29. The van der Waals surface area contributed by atoms with Gasteiger partial charge in [0.05, 0.1) is 34.4 Å². The summed E-state index contributed by atoms with van der Waals surface area (Å²) >= 11 is 0. The van der Waals surface area contributed by atoms with Crippen molar-refractivity contribution in [3.8, 4) is 17.2 Å². The van der Waals surface area contributed by atoms with Crippen LogP contribution < -0.4 is 14.2 Å². The van der Waals surface area contributed by atoms with E-state index in [2.05, 4.69) is 0 Å². The zero-order valence-corrected chi connectivity index (χ0v) is 16.5. The summed E-state index contributed by atoms with van der Waals surface area (Å²) in [5.41, 5.74) is 0.406. The minimum atomic E-state index is -0.321. The number of hydrogen-bond donors (Lipinski definition) is 0. The zero-order valence-electron chi connectivity index (χ0n) is 16.5. The first-order chi connectivity index (χ1) is 12.4. The number of hydrogen-bond acceptors (Lipinski definition) is 6. The van der Waals surface area contributed by atoms with Crippen molar-refractivity contribution < 1.29 is 28.5 Å². The molecule has 0 aliphatic carbocycles. The Morgan fingerprint density at radius 3 is 2.04 bits per heavy atom. The molecule has 1 atom stereocenters. The van der Waals surface area contributed by atoms with Gasteiger partial charge in [0.1, 0.15) is 0 Å². The van der Waals surface area contributed by atoms with Crippen LogP contribution >= 0.6 is 0 Å². The van der Waals surface area contributed by atoms with Gasteiger partial charge in [0, 0.05) is 18.2 Å². The second kappa shape index (κ2) is 10.5. The Bertz CT molecular complexity index is 591. The fraction of sp³-hybridized carbons (Fsp3) is 0.579. The van der Waals surface area contributed by atoms with Gasteiger partial charge in [0.25, 0.3) is 5.91 Å². The Labute approximate surface area is 155 Å². The van der Waals surface area contributed by atoms with Gasteiger partial charge in [-0.25, -0.2) is 0 Å². The van der Waals surface area contributed by atoms with Crippen LogP contribution in [0.15, 0.2) is 12.1 Å². The van der Waals surface area contributed by atoms with Gasteiger partial charge in [-0.1, -0.05) is 6.92 Å². The normalized spacial score (nSPS) is 11.5. The Morgan fingerprint density at radius 1 is 1.04 bits per heavy atom. The molecule has 0 radical (unpaired) electrons. The Kier molecular flexibility index (Phi) is 8.75. The molecular weight excluding hydrogens is 338 g/mol. The quantitative estimate of drug-likeness (QED) is 0.592. The molecule has 1 aromatic rings. The van der Waals surface area contributed by atoms with Gasteiger partial charge in [-0.15, -0.1) is 0 Å². The summed E-state index contributed by atoms with van der Waals surface area (Å²) in [6, 6.07) is 3.20. The molecule has 26 heavy (non-hydrogen) atoms. The highest BCUT2D eigenvalue weighted by molar-refractivity contribution is 5.96. The average Bonchev–Trinajstić information content (AvgIpc) is 2.66. The predicted octanol–water partition coefficient (Wildman–Crippen LogP) is 2.91. The summed E-state index contributed by atoms with van der Waals surface area (Å²) < 4.78 is 20.9. The molecule has 7 heteroatoms. The molecule has 0 heterocycles. The summed E-state index contributed by atoms with van der Waals surface area (Å²) in [6.07, 6.45) is 0.910. The highest BCUT2D eigenvalue weighted by Crippen LogP contribution is 2.38. The van der Waals surface area contributed by atoms with Crippen LogP contribution in [0.3, 0.4) is 0 Å². The van der Waals surface area contributed by atoms with E-state index in [0.29, 0.717) is 29.4 Å². The van der Waals surface area contributed by atoms with Crippen molar-refractivity contribution in [1.29, 1.82) is 0 Å². The first kappa shape index (κ1) is 21.6. The monoisotopic (exact) mass is 367 g/mol. The van der Waals surface area contributed by atoms with Crippen molar-refractivity contribution in [1.82, 2.24) is 4.90 Å². The molecule has 0 saturated carbocycles. The molecule has 0 bridgehead atoms. The van der Waals surface area contributed by atoms with E-state index in [1.807, 2.05) is 13.8 Å². The van der Waals surface area contributed by atoms with Crippen LogP contribution in [0.5, 0.6) is 17.2 Å². The molecule has 0 fully saturated rings. The molecule has 1 rings (SSSR count). The maximum Gasteiger partial charge on any atom is 0.307 e. The molecule has 1 unspecified atom stereocenters. The minimum Gasteiger partial charge on any atom is -0.493 e. The fourth-order valence-electron chi connectivity index (χ4n) is 2.56. The molecule has 1 aromatic carbocycles. The van der Waals surface area contributed by atoms with Crippen molar-refractivity contribution in [2.45, 2.75) is 39.7 Å². The second-order valence-corrected chi connectivity index (χ2v) is 5.72. The lowest BCUT2D eigenvalue weighted by molar-refractivity contribution is -0.143. The van der Waals surface area contributed by atoms with E-state index in [4.69, 9.17) is 18.9 Å². The predicted molar refractivity (Wildman–Crippen MR) is 98.1 cm³/mol. The Balaban J connectivity index is 3.15. The molecule has 1 amide bonds. The third kappa shape index (κ3) is 5.28. The van der Waals surface area contributed by atoms with E-state index in [0.717, 1.165) is 6.42 Å². The van der Waals surface area contributed by atoms with Gasteiger partial charge in [-0.2, -0.15) is 0 Å². The first-order valence-corrected chi connectivity index (χ1v) is 8.69. The maximum atomic E-state index is 13.1. The topological polar surface area (TPSA) is 74.3 Å². The van der Waals surface area contributed by atoms with Crippen LogP contribution in [-0.2, 0) is 9.53 Å². The largest absolute Gasteiger partial charge is 0.493 e. The number of methoxy groups -OCH3 is 3. The van der Waals surface area contributed by atoms with E-state index < -0.39 is 0 Å². The average molecular weight is 367 g/mol. The van der Waals surface area contributed by atoms with E-state index in [1.54, 1.807) is 24.0 Å². The number of carbonyl (C=O) groups is 2. The van der Waals surface area contributed by atoms with Gasteiger partial charge in [0.2, 0.25) is 5.75 Å². The van der Waals surface area contributed by atoms with E-state index >= 15 is 0 Å². The Morgan fingerprint density at radius 2 is 1.62 bits per heavy atom. The number of ether oxygens (including phenoxy) is 4. The first-order valence-electron chi connectivity index (χ1n) is 8.69. The van der Waals surface area contributed by atoms with Crippen molar-refractivity contribution in [2.75, 3.05) is 34.5 Å². The summed E-state index contributed by atoms with van der Waals surface area (Å²) in [5.74, 6) is 0.712. The lowest BCUT2D eigenvalue weighted by atomic mass is 10.1. The highest BCUT2D eigenvalue weighted by Gasteiger charge is 2.24. The SMILES string of the molecule is CCOC(=O)CCN(C(=O)c1cc(OC)c(OC)c(OC)c1)C(C)CC. The van der Waals surface area contributed by atoms with E-state index in [1.165, 1.54) is 21.3 Å². The van der Waals surface area contributed by atoms with Crippen molar-refractivity contribution in [2.24, 2.45) is 0 Å². The number of amides is 1. The van der Waals surface area contributed by atoms with Gasteiger partial charge >= 0.3 is 5.97 Å². The Hall–Kier alpha value is -2.44. The molecule has 0 saturated heterocycles. The van der Waals surface area contributed by atoms with Crippen LogP contribution in [0.1, 0.15) is 44.0 Å². The lowest BCUT2D eigenvalue weighted by Crippen LogP contribution is -2.40. The van der Waals surface area contributed by atoms with Gasteiger partial charge in [-0.05, 0) is 32.4 Å². The van der Waals surface area contributed by atoms with Crippen LogP contribution in [0.2, 0.25) is 0 Å². The maximum absolute atomic E-state index is 13.1. The molecule has 7 nitrogen and oxygen atoms in total. The van der Waals surface area contributed by atoms with Gasteiger partial charge < -0.3 is 23.8 Å². The number of carbonyl (C=O) groups excluding carboxylic acids is 2. The third-order valence-electron chi connectivity index (χ3n) is 4.16. The second-order valence-electron chi connectivity index (χ2n) is 5.72. The number of nitrogens with zero attached hydrogens (tertiary/aromatic N) is 1. The van der Waals surface area contributed by atoms with Crippen LogP contribution in [0.4, 0.5) is 0 Å². The number of esters is 1. The van der Waals surface area contributed by atoms with Crippen LogP contribution in [0, 0.1) is 0 Å². The standard InChI is InChI=1S/C19H29NO6/c1-7-13(3)20(10-9-17(21)26-8-2)19(22)14-11-15(23-4)18(25-6)16(12-14)24-5/h11-13H,7-10H2,1-6H3. The van der Waals surface area contributed by atoms with Crippen molar-refractivity contribution >= 4 is 11.9 Å². The third-order valence-corrected chi connectivity index (χ3v) is 4.16. The number of benzene rings is 1. The summed E-state index contributed by atoms with van der Waals surface area (Å²) in [7, 11) is 4.50. The molecule has 0 aliphatic rings. The van der Waals surface area contributed by atoms with E-state index in [-0.39, 0.29) is 30.9 Å². The van der Waals surface area contributed by atoms with Gasteiger partial charge in [0.15, 0.2) is 11.5 Å². The van der Waals surface area contributed by atoms with Crippen LogP contribution in [0.25, 0.3) is 0 Å². The molecule has 0 aromatic heterocycles. The van der Waals surface area contributed by atoms with Gasteiger partial charge in [-0.3, -0.25) is 9.59 Å². The zero-order chi connectivity index (χ0) is 19.7. The molecule has 0 N–H and O–H groups in total.